The van der Waals surface area contributed by atoms with Crippen LogP contribution in [0.4, 0.5) is 10.5 Å². The zero-order chi connectivity index (χ0) is 17.7. The molecule has 2 heterocycles. The van der Waals surface area contributed by atoms with E-state index in [1.54, 1.807) is 36.1 Å². The second-order valence-electron chi connectivity index (χ2n) is 6.14. The first-order valence-corrected chi connectivity index (χ1v) is 8.73. The van der Waals surface area contributed by atoms with E-state index in [0.29, 0.717) is 50.4 Å². The van der Waals surface area contributed by atoms with Crippen LogP contribution < -0.4 is 5.32 Å². The van der Waals surface area contributed by atoms with Crippen LogP contribution in [-0.2, 0) is 14.2 Å². The first-order valence-electron chi connectivity index (χ1n) is 8.73. The summed E-state index contributed by atoms with van der Waals surface area (Å²) in [4.78, 5) is 26.3. The number of hydrogen-bond donors (Lipinski definition) is 1. The van der Waals surface area contributed by atoms with Crippen molar-refractivity contribution in [3.05, 3.63) is 29.8 Å². The highest BCUT2D eigenvalue weighted by molar-refractivity contribution is 6.00. The van der Waals surface area contributed by atoms with Gasteiger partial charge in [0.1, 0.15) is 0 Å². The minimum atomic E-state index is -0.530. The Labute approximate surface area is 147 Å². The lowest BCUT2D eigenvalue weighted by atomic mass is 10.0. The lowest BCUT2D eigenvalue weighted by Gasteiger charge is -2.43. The number of benzene rings is 1. The summed E-state index contributed by atoms with van der Waals surface area (Å²) >= 11 is 0. The number of urea groups is 1. The predicted molar refractivity (Wildman–Crippen MR) is 91.5 cm³/mol. The van der Waals surface area contributed by atoms with Crippen molar-refractivity contribution in [3.63, 3.8) is 0 Å². The number of nitrogens with one attached hydrogen (secondary N) is 1. The van der Waals surface area contributed by atoms with Crippen molar-refractivity contribution in [1.29, 1.82) is 0 Å². The average molecular weight is 348 g/mol. The van der Waals surface area contributed by atoms with Gasteiger partial charge in [0, 0.05) is 25.9 Å². The molecule has 2 aliphatic rings. The third kappa shape index (κ3) is 4.11. The van der Waals surface area contributed by atoms with E-state index in [1.165, 1.54) is 0 Å². The molecule has 2 fully saturated rings. The third-order valence-electron chi connectivity index (χ3n) is 4.50. The Morgan fingerprint density at radius 3 is 2.56 bits per heavy atom. The number of amides is 2. The monoisotopic (exact) mass is 348 g/mol. The standard InChI is InChI=1S/C18H24N2O5/c1-2-23-16(21)14-6-3-4-7-15(14)19-17(22)20-10-8-18(9-11-20)24-12-5-13-25-18/h3-4,6-7H,2,5,8-13H2,1H3,(H,19,22). The van der Waals surface area contributed by atoms with Gasteiger partial charge in [-0.25, -0.2) is 9.59 Å². The molecule has 0 radical (unpaired) electrons. The van der Waals surface area contributed by atoms with Crippen LogP contribution in [-0.4, -0.2) is 55.6 Å². The molecule has 136 valence electrons. The van der Waals surface area contributed by atoms with Crippen LogP contribution >= 0.6 is 0 Å². The molecule has 0 saturated carbocycles. The lowest BCUT2D eigenvalue weighted by molar-refractivity contribution is -0.281. The number of rotatable bonds is 3. The van der Waals surface area contributed by atoms with E-state index >= 15 is 0 Å². The molecule has 0 aromatic heterocycles. The lowest BCUT2D eigenvalue weighted by Crippen LogP contribution is -2.52. The minimum absolute atomic E-state index is 0.234. The van der Waals surface area contributed by atoms with Gasteiger partial charge in [-0.3, -0.25) is 0 Å². The maximum Gasteiger partial charge on any atom is 0.340 e. The number of carbonyl (C=O) groups excluding carboxylic acids is 2. The van der Waals surface area contributed by atoms with E-state index in [9.17, 15) is 9.59 Å². The zero-order valence-electron chi connectivity index (χ0n) is 14.5. The summed E-state index contributed by atoms with van der Waals surface area (Å²) in [6, 6.07) is 6.62. The van der Waals surface area contributed by atoms with E-state index in [0.717, 1.165) is 6.42 Å². The highest BCUT2D eigenvalue weighted by Gasteiger charge is 2.39. The molecule has 0 aliphatic carbocycles. The van der Waals surface area contributed by atoms with Crippen LogP contribution in [0.15, 0.2) is 24.3 Å². The number of nitrogens with zero attached hydrogens (tertiary/aromatic N) is 1. The van der Waals surface area contributed by atoms with Gasteiger partial charge in [-0.15, -0.1) is 0 Å². The molecular weight excluding hydrogens is 324 g/mol. The maximum atomic E-state index is 12.6. The molecule has 1 aromatic carbocycles. The molecule has 0 bridgehead atoms. The van der Waals surface area contributed by atoms with Gasteiger partial charge >= 0.3 is 12.0 Å². The summed E-state index contributed by atoms with van der Waals surface area (Å²) in [5.74, 6) is -0.974. The molecule has 3 rings (SSSR count). The first-order chi connectivity index (χ1) is 12.1. The zero-order valence-corrected chi connectivity index (χ0v) is 14.5. The van der Waals surface area contributed by atoms with E-state index < -0.39 is 11.8 Å². The van der Waals surface area contributed by atoms with Crippen LogP contribution in [0.2, 0.25) is 0 Å². The number of anilines is 1. The number of piperidine rings is 1. The first kappa shape index (κ1) is 17.7. The van der Waals surface area contributed by atoms with Gasteiger partial charge in [-0.2, -0.15) is 0 Å². The summed E-state index contributed by atoms with van der Waals surface area (Å²) in [5.41, 5.74) is 0.807. The van der Waals surface area contributed by atoms with Gasteiger partial charge in [0.15, 0.2) is 5.79 Å². The van der Waals surface area contributed by atoms with Gasteiger partial charge < -0.3 is 24.4 Å². The SMILES string of the molecule is CCOC(=O)c1ccccc1NC(=O)N1CCC2(CC1)OCCCO2. The van der Waals surface area contributed by atoms with E-state index in [1.807, 2.05) is 0 Å². The molecule has 7 heteroatoms. The highest BCUT2D eigenvalue weighted by Crippen LogP contribution is 2.31. The van der Waals surface area contributed by atoms with Crippen LogP contribution in [0.3, 0.4) is 0 Å². The maximum absolute atomic E-state index is 12.6. The minimum Gasteiger partial charge on any atom is -0.462 e. The van der Waals surface area contributed by atoms with Gasteiger partial charge in [-0.1, -0.05) is 12.1 Å². The third-order valence-corrected chi connectivity index (χ3v) is 4.50. The summed E-state index contributed by atoms with van der Waals surface area (Å²) in [7, 11) is 0. The molecule has 2 aliphatic heterocycles. The fourth-order valence-corrected chi connectivity index (χ4v) is 3.13. The summed E-state index contributed by atoms with van der Waals surface area (Å²) < 4.78 is 16.6. The van der Waals surface area contributed by atoms with E-state index in [2.05, 4.69) is 5.32 Å². The quantitative estimate of drug-likeness (QED) is 0.850. The van der Waals surface area contributed by atoms with Gasteiger partial charge in [0.05, 0.1) is 31.1 Å². The van der Waals surface area contributed by atoms with Crippen molar-refractivity contribution >= 4 is 17.7 Å². The Morgan fingerprint density at radius 1 is 1.20 bits per heavy atom. The fraction of sp³-hybridized carbons (Fsp3) is 0.556. The molecule has 1 N–H and O–H groups in total. The summed E-state index contributed by atoms with van der Waals surface area (Å²) in [6.45, 7) is 4.55. The highest BCUT2D eigenvalue weighted by atomic mass is 16.7. The second-order valence-corrected chi connectivity index (χ2v) is 6.14. The Bertz CT molecular complexity index is 618. The van der Waals surface area contributed by atoms with E-state index in [4.69, 9.17) is 14.2 Å². The smallest absolute Gasteiger partial charge is 0.340 e. The second kappa shape index (κ2) is 7.84. The molecule has 1 spiro atoms. The van der Waals surface area contributed by atoms with Crippen molar-refractivity contribution in [3.8, 4) is 0 Å². The van der Waals surface area contributed by atoms with Crippen molar-refractivity contribution in [2.75, 3.05) is 38.2 Å². The number of para-hydroxylation sites is 1. The topological polar surface area (TPSA) is 77.1 Å². The number of likely N-dealkylation sites (tertiary alicyclic amines) is 1. The Balaban J connectivity index is 1.61. The van der Waals surface area contributed by atoms with Crippen LogP contribution in [0, 0.1) is 0 Å². The van der Waals surface area contributed by atoms with Gasteiger partial charge in [0.25, 0.3) is 0 Å². The molecule has 0 unspecified atom stereocenters. The number of carbonyl (C=O) groups is 2. The molecule has 7 nitrogen and oxygen atoms in total. The van der Waals surface area contributed by atoms with E-state index in [-0.39, 0.29) is 12.6 Å². The number of esters is 1. The van der Waals surface area contributed by atoms with Crippen LogP contribution in [0.5, 0.6) is 0 Å². The predicted octanol–water partition coefficient (Wildman–Crippen LogP) is 2.62. The Morgan fingerprint density at radius 2 is 1.88 bits per heavy atom. The van der Waals surface area contributed by atoms with Gasteiger partial charge in [0.2, 0.25) is 0 Å². The van der Waals surface area contributed by atoms with Crippen molar-refractivity contribution in [1.82, 2.24) is 4.90 Å². The van der Waals surface area contributed by atoms with Crippen LogP contribution in [0.1, 0.15) is 36.5 Å². The van der Waals surface area contributed by atoms with Crippen LogP contribution in [0.25, 0.3) is 0 Å². The summed E-state index contributed by atoms with van der Waals surface area (Å²) in [6.07, 6.45) is 2.22. The van der Waals surface area contributed by atoms with Crippen molar-refractivity contribution < 1.29 is 23.8 Å². The Kier molecular flexibility index (Phi) is 5.55. The molecule has 25 heavy (non-hydrogen) atoms. The summed E-state index contributed by atoms with van der Waals surface area (Å²) in [5, 5.41) is 2.82. The van der Waals surface area contributed by atoms with Crippen molar-refractivity contribution in [2.45, 2.75) is 32.0 Å². The fourth-order valence-electron chi connectivity index (χ4n) is 3.13. The molecule has 0 atom stereocenters. The molecule has 1 aromatic rings. The molecule has 2 amide bonds. The number of ether oxygens (including phenoxy) is 3. The van der Waals surface area contributed by atoms with Crippen molar-refractivity contribution in [2.24, 2.45) is 0 Å². The average Bonchev–Trinajstić information content (AvgIpc) is 2.63. The Hall–Kier alpha value is -2.12. The van der Waals surface area contributed by atoms with Gasteiger partial charge in [-0.05, 0) is 25.5 Å². The molecular formula is C18H24N2O5. The molecule has 2 saturated heterocycles. The number of hydrogen-bond acceptors (Lipinski definition) is 5. The normalized spacial score (nSPS) is 19.5. The largest absolute Gasteiger partial charge is 0.462 e.